The molecule has 0 saturated carbocycles. The van der Waals surface area contributed by atoms with Crippen molar-refractivity contribution in [2.45, 2.75) is 225 Å². The van der Waals surface area contributed by atoms with Crippen LogP contribution in [0.1, 0.15) is 114 Å². The maximum atomic E-state index is 15.5. The Hall–Kier alpha value is -11.9. The molecule has 44 heteroatoms. The highest BCUT2D eigenvalue weighted by Crippen LogP contribution is 2.33. The van der Waals surface area contributed by atoms with Gasteiger partial charge in [-0.2, -0.15) is 11.8 Å². The van der Waals surface area contributed by atoms with Crippen molar-refractivity contribution in [1.82, 2.24) is 90.1 Å². The highest BCUT2D eigenvalue weighted by molar-refractivity contribution is 8.76. The second kappa shape index (κ2) is 52.6. The van der Waals surface area contributed by atoms with E-state index in [0.29, 0.717) is 63.2 Å². The Morgan fingerprint density at radius 3 is 1.42 bits per heavy atom. The molecule has 5 aromatic rings. The summed E-state index contributed by atoms with van der Waals surface area (Å²) in [6.07, 6.45) is -1.85. The maximum Gasteiger partial charge on any atom is 0.327 e. The molecule has 0 spiro atoms. The standard InChI is InChI=1S/C86H118N20O21S3/c1-46(92-68(111)32-16-15-31-66-72-63(43-128-66)103-86(127)106-72)73(113)91-41-69(112)93-64-44-129-130-45-65(85(125)126)102-81(121)62(42-107)101-84(124)71(48(3)109)105-80(120)59(37-51-25-11-6-12-26-51)100-83(123)70(47(2)108)104-75(115)56(30-18-20-34-88)94-78(118)60(38-52-40-90-54-28-14-13-27-53(52)54)98-77(117)58(36-50-23-9-5-10-24-50)96-76(116)57(35-49-21-7-4-8-22-49)97-79(119)61(39-67(89)110)99-74(114)55(95-82(64)122)29-17-19-33-87/h4-14,21-28,40,46-48,55-66,70-72,90,107-109H,15-20,29-39,41-45,87-88H2,1-3H3,(H2,89,110)(H,91,113)(H,92,111)(H,93,112)(H,94,118)(H,95,122)(H,96,116)(H,97,119)(H,98,117)(H,99,114)(H,100,123)(H,101,124)(H,102,121)(H,104,115)(H,105,120)(H,125,126)(H2,103,106,127)/t46-,47+,48+,55-,56-,57-,58-,59-,60-,61-,62-,63-,64-,65-,66-,70-,71-,72-/m0/s1. The summed E-state index contributed by atoms with van der Waals surface area (Å²) < 4.78 is 0. The second-order valence-corrected chi connectivity index (χ2v) is 35.8. The fourth-order valence-electron chi connectivity index (χ4n) is 14.6. The Balaban J connectivity index is 1.14. The monoisotopic (exact) mass is 1860 g/mol. The van der Waals surface area contributed by atoms with Crippen LogP contribution in [0.4, 0.5) is 4.79 Å². The number of aromatic nitrogens is 1. The molecule has 3 aliphatic rings. The third kappa shape index (κ3) is 32.9. The lowest BCUT2D eigenvalue weighted by Gasteiger charge is -2.29. The lowest BCUT2D eigenvalue weighted by Crippen LogP contribution is -2.63. The molecular formula is C86H118N20O21S3. The zero-order valence-electron chi connectivity index (χ0n) is 72.2. The van der Waals surface area contributed by atoms with Crippen LogP contribution in [0.2, 0.25) is 0 Å². The second-order valence-electron chi connectivity index (χ2n) is 32.0. The van der Waals surface area contributed by atoms with Crippen molar-refractivity contribution in [2.75, 3.05) is 43.5 Å². The molecule has 4 heterocycles. The van der Waals surface area contributed by atoms with Crippen molar-refractivity contribution in [3.63, 3.8) is 0 Å². The molecule has 0 aliphatic carbocycles. The largest absolute Gasteiger partial charge is 0.480 e. The lowest BCUT2D eigenvalue weighted by atomic mass is 10.00. The normalized spacial score (nSPS) is 25.0. The van der Waals surface area contributed by atoms with E-state index in [-0.39, 0.29) is 101 Å². The summed E-state index contributed by atoms with van der Waals surface area (Å²) in [5, 5.41) is 85.2. The molecule has 8 rings (SSSR count). The van der Waals surface area contributed by atoms with Crippen LogP contribution in [0.5, 0.6) is 0 Å². The number of rotatable bonds is 32. The number of carboxylic acid groups (broad SMARTS) is 1. The highest BCUT2D eigenvalue weighted by Gasteiger charge is 2.44. The van der Waals surface area contributed by atoms with Crippen LogP contribution in [0.15, 0.2) is 121 Å². The summed E-state index contributed by atoms with van der Waals surface area (Å²) in [7, 11) is 1.45. The van der Waals surface area contributed by atoms with Crippen molar-refractivity contribution < 1.29 is 102 Å². The fraction of sp³-hybridized carbons (Fsp3) is 0.500. The molecule has 3 aliphatic heterocycles. The van der Waals surface area contributed by atoms with Crippen LogP contribution in [-0.4, -0.2) is 278 Å². The summed E-state index contributed by atoms with van der Waals surface area (Å²) in [5.41, 5.74) is 20.0. The Morgan fingerprint density at radius 2 is 0.900 bits per heavy atom. The number of aliphatic hydroxyl groups is 3. The number of aliphatic carboxylic acids is 1. The van der Waals surface area contributed by atoms with Gasteiger partial charge in [0.15, 0.2) is 0 Å². The van der Waals surface area contributed by atoms with Crippen LogP contribution < -0.4 is 102 Å². The number of hydrogen-bond acceptors (Lipinski definition) is 25. The van der Waals surface area contributed by atoms with Gasteiger partial charge in [-0.1, -0.05) is 137 Å². The van der Waals surface area contributed by atoms with E-state index in [0.717, 1.165) is 36.8 Å². The maximum absolute atomic E-state index is 15.5. The number of urea groups is 1. The zero-order valence-corrected chi connectivity index (χ0v) is 74.6. The molecule has 3 fully saturated rings. The van der Waals surface area contributed by atoms with Gasteiger partial charge in [0.05, 0.1) is 43.9 Å². The highest BCUT2D eigenvalue weighted by atomic mass is 33.1. The molecule has 4 aromatic carbocycles. The molecule has 41 nitrogen and oxygen atoms in total. The van der Waals surface area contributed by atoms with Crippen LogP contribution in [-0.2, 0) is 102 Å². The molecule has 706 valence electrons. The summed E-state index contributed by atoms with van der Waals surface area (Å²) in [4.78, 5) is 245. The number of nitrogens with one attached hydrogen (secondary N) is 17. The molecule has 3 saturated heterocycles. The van der Waals surface area contributed by atoms with Crippen LogP contribution in [0, 0.1) is 0 Å². The zero-order chi connectivity index (χ0) is 94.5. The van der Waals surface area contributed by atoms with Gasteiger partial charge >= 0.3 is 12.0 Å². The predicted molar refractivity (Wildman–Crippen MR) is 483 cm³/mol. The van der Waals surface area contributed by atoms with Gasteiger partial charge < -0.3 is 128 Å². The number of aliphatic hydroxyl groups excluding tert-OH is 3. The number of hydrogen-bond donors (Lipinski definition) is 24. The van der Waals surface area contributed by atoms with Crippen LogP contribution >= 0.6 is 33.3 Å². The van der Waals surface area contributed by atoms with Crippen molar-refractivity contribution in [1.29, 1.82) is 0 Å². The Bertz CT molecular complexity index is 4720. The van der Waals surface area contributed by atoms with E-state index >= 15 is 19.2 Å². The molecule has 17 amide bonds. The first kappa shape index (κ1) is 103. The number of carboxylic acids is 1. The van der Waals surface area contributed by atoms with Gasteiger partial charge in [-0.25, -0.2) is 9.59 Å². The van der Waals surface area contributed by atoms with E-state index in [1.54, 1.807) is 133 Å². The van der Waals surface area contributed by atoms with E-state index in [2.05, 4.69) is 90.1 Å². The molecule has 18 atom stereocenters. The van der Waals surface area contributed by atoms with Gasteiger partial charge in [-0.3, -0.25) is 71.9 Å². The number of aromatic amines is 1. The number of benzene rings is 4. The molecule has 0 unspecified atom stereocenters. The first-order valence-electron chi connectivity index (χ1n) is 42.9. The Morgan fingerprint density at radius 1 is 0.462 bits per heavy atom. The number of thioether (sulfide) groups is 1. The molecule has 0 bridgehead atoms. The van der Waals surface area contributed by atoms with Gasteiger partial charge in [-0.15, -0.1) is 0 Å². The topological polar surface area (TPSA) is 657 Å². The molecule has 27 N–H and O–H groups in total. The van der Waals surface area contributed by atoms with Crippen molar-refractivity contribution in [3.05, 3.63) is 144 Å². The lowest BCUT2D eigenvalue weighted by molar-refractivity contribution is -0.142. The van der Waals surface area contributed by atoms with Gasteiger partial charge in [0, 0.05) is 71.7 Å². The number of carbonyl (C=O) groups excluding carboxylic acids is 16. The van der Waals surface area contributed by atoms with Crippen molar-refractivity contribution >= 4 is 145 Å². The average Bonchev–Trinajstić information content (AvgIpc) is 1.62. The average molecular weight is 1860 g/mol. The van der Waals surface area contributed by atoms with E-state index in [9.17, 15) is 82.8 Å². The number of amides is 17. The number of fused-ring (bicyclic) bond motifs is 2. The number of nitrogens with two attached hydrogens (primary N) is 3. The third-order valence-electron chi connectivity index (χ3n) is 21.7. The van der Waals surface area contributed by atoms with Crippen LogP contribution in [0.3, 0.4) is 0 Å². The van der Waals surface area contributed by atoms with Crippen LogP contribution in [0.25, 0.3) is 10.9 Å². The van der Waals surface area contributed by atoms with E-state index in [1.165, 1.54) is 6.92 Å². The number of unbranched alkanes of at least 4 members (excludes halogenated alkanes) is 3. The van der Waals surface area contributed by atoms with E-state index in [4.69, 9.17) is 17.2 Å². The predicted octanol–water partition coefficient (Wildman–Crippen LogP) is -4.03. The summed E-state index contributed by atoms with van der Waals surface area (Å²) >= 11 is 1.72. The Labute approximate surface area is 762 Å². The van der Waals surface area contributed by atoms with E-state index in [1.807, 2.05) is 0 Å². The van der Waals surface area contributed by atoms with Gasteiger partial charge in [0.25, 0.3) is 0 Å². The minimum atomic E-state index is -2.01. The first-order chi connectivity index (χ1) is 62.2. The summed E-state index contributed by atoms with van der Waals surface area (Å²) in [6, 6.07) is 8.80. The number of carbonyl (C=O) groups is 17. The van der Waals surface area contributed by atoms with Gasteiger partial charge in [0.1, 0.15) is 78.5 Å². The molecular weight excluding hydrogens is 1750 g/mol. The van der Waals surface area contributed by atoms with Gasteiger partial charge in [-0.05, 0) is 114 Å². The number of para-hydroxylation sites is 1. The minimum absolute atomic E-state index is 0.0198. The fourth-order valence-corrected chi connectivity index (χ4v) is 18.5. The smallest absolute Gasteiger partial charge is 0.327 e. The summed E-state index contributed by atoms with van der Waals surface area (Å²) in [5.74, 6) is -17.9. The van der Waals surface area contributed by atoms with Crippen molar-refractivity contribution in [2.24, 2.45) is 17.2 Å². The first-order valence-corrected chi connectivity index (χ1v) is 46.4. The molecule has 1 aromatic heterocycles. The number of H-pyrrole nitrogens is 1. The Kier molecular flexibility index (Phi) is 41.9. The minimum Gasteiger partial charge on any atom is -0.480 e. The van der Waals surface area contributed by atoms with Gasteiger partial charge in [0.2, 0.25) is 88.6 Å². The number of primary amides is 1. The van der Waals surface area contributed by atoms with E-state index < -0.39 is 216 Å². The molecule has 0 radical (unpaired) electrons. The van der Waals surface area contributed by atoms with Crippen molar-refractivity contribution in [3.8, 4) is 0 Å². The molecule has 130 heavy (non-hydrogen) atoms. The SMILES string of the molecule is C[C@H](NC(=O)CCCC[C@@H]1SC[C@@H]2NC(=O)N[C@@H]21)C(=O)NCC(=O)N[C@H]1CSSC[C@@H](C(=O)O)NC(=O)[C@H](CO)NC(=O)[C@H]([C@@H](C)O)NC(=O)[C@H](Cc2ccccc2)NC(=O)[C@H]([C@@H](C)O)NC(=O)[C@H](CCCCN)NC(=O)[C@H](Cc2c[nH]c3ccccc23)NC(=O)[C@H](Cc2ccccc2)NC(=O)[C@H](Cc2ccccc2)NC(=O)[C@H](CC(N)=O)NC(=O)[C@H](CCCCN)NC1=O. The third-order valence-corrected chi connectivity index (χ3v) is 25.6. The summed E-state index contributed by atoms with van der Waals surface area (Å²) in [6.45, 7) is 1.75. The quantitative estimate of drug-likeness (QED) is 0.0111.